The fraction of sp³-hybridized carbons (Fsp3) is 0.333. The highest BCUT2D eigenvalue weighted by molar-refractivity contribution is 14.1. The molecule has 2 N–H and O–H groups in total. The van der Waals surface area contributed by atoms with Crippen molar-refractivity contribution in [2.24, 2.45) is 16.6 Å². The monoisotopic (exact) mass is 383 g/mol. The van der Waals surface area contributed by atoms with Crippen LogP contribution in [0.3, 0.4) is 0 Å². The molecule has 0 aliphatic carbocycles. The van der Waals surface area contributed by atoms with Crippen LogP contribution in [0.15, 0.2) is 41.9 Å². The van der Waals surface area contributed by atoms with Crippen molar-refractivity contribution < 1.29 is 4.79 Å². The van der Waals surface area contributed by atoms with Crippen molar-refractivity contribution in [3.63, 3.8) is 0 Å². The minimum absolute atomic E-state index is 0.0150. The summed E-state index contributed by atoms with van der Waals surface area (Å²) in [4.78, 5) is 18.5. The van der Waals surface area contributed by atoms with Gasteiger partial charge in [-0.1, -0.05) is 18.2 Å². The Labute approximate surface area is 132 Å². The summed E-state index contributed by atoms with van der Waals surface area (Å²) in [6.45, 7) is 5.72. The fourth-order valence-electron chi connectivity index (χ4n) is 2.54. The van der Waals surface area contributed by atoms with Crippen molar-refractivity contribution in [2.45, 2.75) is 18.9 Å². The van der Waals surface area contributed by atoms with Crippen LogP contribution in [0.25, 0.3) is 0 Å². The van der Waals surface area contributed by atoms with Gasteiger partial charge in [0.1, 0.15) is 0 Å². The van der Waals surface area contributed by atoms with Gasteiger partial charge in [-0.25, -0.2) is 4.99 Å². The molecule has 1 heterocycles. The number of carbonyl (C=O) groups excluding carboxylic acids is 1. The number of guanidine groups is 1. The Balaban J connectivity index is 2.59. The van der Waals surface area contributed by atoms with E-state index in [0.29, 0.717) is 6.42 Å². The molecule has 4 nitrogen and oxygen atoms in total. The molecule has 5 heteroatoms. The van der Waals surface area contributed by atoms with Crippen LogP contribution in [0.5, 0.6) is 0 Å². The van der Waals surface area contributed by atoms with E-state index in [-0.39, 0.29) is 17.8 Å². The van der Waals surface area contributed by atoms with Gasteiger partial charge in [0.15, 0.2) is 5.96 Å². The minimum Gasteiger partial charge on any atom is -0.369 e. The highest BCUT2D eigenvalue weighted by atomic mass is 127. The number of hydrogen-bond donors (Lipinski definition) is 1. The normalized spacial score (nSPS) is 26.4. The highest BCUT2D eigenvalue weighted by Gasteiger charge is 2.45. The topological polar surface area (TPSA) is 58.7 Å². The summed E-state index contributed by atoms with van der Waals surface area (Å²) in [6, 6.07) is 8.03. The number of hydrogen-bond acceptors (Lipinski definition) is 3. The number of aliphatic imine (C=N–C) groups is 1. The zero-order valence-corrected chi connectivity index (χ0v) is 13.8. The number of nitrogens with zero attached hydrogens (tertiary/aromatic N) is 2. The number of halogens is 1. The average molecular weight is 383 g/mol. The molecule has 0 radical (unpaired) electrons. The Morgan fingerprint density at radius 3 is 2.90 bits per heavy atom. The Hall–Kier alpha value is -1.37. The molecular formula is C15H18IN3O. The van der Waals surface area contributed by atoms with Crippen LogP contribution >= 0.6 is 22.6 Å². The molecule has 20 heavy (non-hydrogen) atoms. The van der Waals surface area contributed by atoms with Gasteiger partial charge in [0, 0.05) is 10.6 Å². The number of rotatable bonds is 3. The van der Waals surface area contributed by atoms with Gasteiger partial charge >= 0.3 is 0 Å². The predicted molar refractivity (Wildman–Crippen MR) is 89.2 cm³/mol. The lowest BCUT2D eigenvalue weighted by molar-refractivity contribution is -0.133. The number of nitrogens with two attached hydrogens (primary N) is 1. The molecule has 0 aromatic heterocycles. The molecule has 0 spiro atoms. The lowest BCUT2D eigenvalue weighted by atomic mass is 9.76. The van der Waals surface area contributed by atoms with Crippen LogP contribution < -0.4 is 5.73 Å². The van der Waals surface area contributed by atoms with Gasteiger partial charge in [-0.2, -0.15) is 0 Å². The Bertz CT molecular complexity index is 584. The minimum atomic E-state index is -0.650. The first-order valence-corrected chi connectivity index (χ1v) is 7.48. The maximum absolute atomic E-state index is 12.5. The van der Waals surface area contributed by atoms with Crippen molar-refractivity contribution in [3.05, 3.63) is 46.1 Å². The Morgan fingerprint density at radius 1 is 1.60 bits per heavy atom. The molecule has 0 bridgehead atoms. The first kappa shape index (κ1) is 15.0. The van der Waals surface area contributed by atoms with Crippen molar-refractivity contribution in [3.8, 4) is 0 Å². The summed E-state index contributed by atoms with van der Waals surface area (Å²) in [5.41, 5.74) is 6.26. The van der Waals surface area contributed by atoms with E-state index in [1.165, 1.54) is 4.90 Å². The zero-order chi connectivity index (χ0) is 14.9. The van der Waals surface area contributed by atoms with E-state index in [9.17, 15) is 4.79 Å². The molecule has 1 amide bonds. The van der Waals surface area contributed by atoms with Gasteiger partial charge in [-0.05, 0) is 53.6 Å². The zero-order valence-electron chi connectivity index (χ0n) is 11.6. The third-order valence-corrected chi connectivity index (χ3v) is 4.48. The van der Waals surface area contributed by atoms with Gasteiger partial charge in [0.25, 0.3) is 0 Å². The summed E-state index contributed by atoms with van der Waals surface area (Å²) in [5, 5.41) is 0. The van der Waals surface area contributed by atoms with E-state index in [0.717, 1.165) is 9.13 Å². The van der Waals surface area contributed by atoms with Crippen LogP contribution in [0.2, 0.25) is 0 Å². The third-order valence-electron chi connectivity index (χ3n) is 3.81. The molecule has 0 saturated carbocycles. The van der Waals surface area contributed by atoms with Crippen LogP contribution in [0, 0.1) is 9.49 Å². The standard InChI is InChI=1S/C15H18IN3O/c1-4-6-12-13(20)19(3)14(17)18-15(12,2)10-7-5-8-11(16)9-10/h4-5,7-9,12H,1,6H2,2-3H3,(H2,17,18)/t12-,15+/m0/s1. The Morgan fingerprint density at radius 2 is 2.30 bits per heavy atom. The predicted octanol–water partition coefficient (Wildman–Crippen LogP) is 2.49. The van der Waals surface area contributed by atoms with Gasteiger partial charge in [0.05, 0.1) is 11.5 Å². The van der Waals surface area contributed by atoms with Crippen LogP contribution in [-0.4, -0.2) is 23.8 Å². The van der Waals surface area contributed by atoms with E-state index in [4.69, 9.17) is 5.73 Å². The SMILES string of the molecule is C=CC[C@H]1C(=O)N(C)C(N)=N[C@]1(C)c1cccc(I)c1. The van der Waals surface area contributed by atoms with Gasteiger partial charge < -0.3 is 5.73 Å². The second kappa shape index (κ2) is 5.55. The van der Waals surface area contributed by atoms with Crippen molar-refractivity contribution >= 4 is 34.5 Å². The molecule has 0 saturated heterocycles. The molecule has 1 aliphatic rings. The van der Waals surface area contributed by atoms with E-state index in [2.05, 4.69) is 34.2 Å². The lowest BCUT2D eigenvalue weighted by Gasteiger charge is -2.40. The number of carbonyl (C=O) groups is 1. The summed E-state index contributed by atoms with van der Waals surface area (Å²) in [6.07, 6.45) is 2.33. The molecule has 2 rings (SSSR count). The molecule has 2 atom stereocenters. The second-order valence-electron chi connectivity index (χ2n) is 5.10. The summed E-state index contributed by atoms with van der Waals surface area (Å²) in [5.74, 6) is -0.0362. The molecule has 0 unspecified atom stereocenters. The maximum atomic E-state index is 12.5. The van der Waals surface area contributed by atoms with Gasteiger partial charge in [-0.15, -0.1) is 6.58 Å². The molecule has 106 valence electrons. The number of benzene rings is 1. The highest BCUT2D eigenvalue weighted by Crippen LogP contribution is 2.40. The Kier molecular flexibility index (Phi) is 4.17. The molecular weight excluding hydrogens is 365 g/mol. The largest absolute Gasteiger partial charge is 0.369 e. The fourth-order valence-corrected chi connectivity index (χ4v) is 3.09. The smallest absolute Gasteiger partial charge is 0.235 e. The third kappa shape index (κ3) is 2.46. The molecule has 0 fully saturated rings. The number of allylic oxidation sites excluding steroid dienone is 1. The molecule has 1 aromatic carbocycles. The van der Waals surface area contributed by atoms with Crippen LogP contribution in [0.1, 0.15) is 18.9 Å². The van der Waals surface area contributed by atoms with Crippen molar-refractivity contribution in [1.29, 1.82) is 0 Å². The van der Waals surface area contributed by atoms with E-state index < -0.39 is 5.54 Å². The average Bonchev–Trinajstić information content (AvgIpc) is 2.41. The van der Waals surface area contributed by atoms with Gasteiger partial charge in [0.2, 0.25) is 5.91 Å². The summed E-state index contributed by atoms with van der Waals surface area (Å²) < 4.78 is 1.11. The van der Waals surface area contributed by atoms with Crippen molar-refractivity contribution in [1.82, 2.24) is 4.90 Å². The van der Waals surface area contributed by atoms with E-state index in [1.807, 2.05) is 31.2 Å². The van der Waals surface area contributed by atoms with Crippen LogP contribution in [0.4, 0.5) is 0 Å². The maximum Gasteiger partial charge on any atom is 0.235 e. The van der Waals surface area contributed by atoms with Crippen molar-refractivity contribution in [2.75, 3.05) is 7.05 Å². The first-order valence-electron chi connectivity index (χ1n) is 6.40. The summed E-state index contributed by atoms with van der Waals surface area (Å²) >= 11 is 2.26. The quantitative estimate of drug-likeness (QED) is 0.644. The first-order chi connectivity index (χ1) is 9.40. The summed E-state index contributed by atoms with van der Waals surface area (Å²) in [7, 11) is 1.66. The number of amides is 1. The van der Waals surface area contributed by atoms with E-state index in [1.54, 1.807) is 13.1 Å². The van der Waals surface area contributed by atoms with E-state index >= 15 is 0 Å². The molecule has 1 aromatic rings. The second-order valence-corrected chi connectivity index (χ2v) is 6.35. The molecule has 1 aliphatic heterocycles. The van der Waals surface area contributed by atoms with Gasteiger partial charge in [-0.3, -0.25) is 9.69 Å². The van der Waals surface area contributed by atoms with Crippen LogP contribution in [-0.2, 0) is 10.3 Å². The lowest BCUT2D eigenvalue weighted by Crippen LogP contribution is -2.53.